The van der Waals surface area contributed by atoms with Crippen LogP contribution in [0.25, 0.3) is 0 Å². The molecule has 0 aromatic heterocycles. The van der Waals surface area contributed by atoms with E-state index in [0.717, 1.165) is 38.8 Å². The van der Waals surface area contributed by atoms with E-state index in [2.05, 4.69) is 0 Å². The third-order valence-electron chi connectivity index (χ3n) is 3.21. The lowest BCUT2D eigenvalue weighted by atomic mass is 9.92. The molecule has 0 saturated carbocycles. The lowest BCUT2D eigenvalue weighted by Gasteiger charge is -2.31. The minimum absolute atomic E-state index is 0.0780. The highest BCUT2D eigenvalue weighted by atomic mass is 16.6. The van der Waals surface area contributed by atoms with Gasteiger partial charge in [0.25, 0.3) is 0 Å². The third kappa shape index (κ3) is 5.38. The number of ether oxygens (including phenoxy) is 1. The summed E-state index contributed by atoms with van der Waals surface area (Å²) in [6.07, 6.45) is 3.52. The highest BCUT2D eigenvalue weighted by Crippen LogP contribution is 2.23. The van der Waals surface area contributed by atoms with Crippen molar-refractivity contribution in [1.29, 1.82) is 0 Å². The SMILES string of the molecule is CC(C)OC(=O)N1CCC(CCCC(=O)O)CC1. The first-order valence-electron chi connectivity index (χ1n) is 6.66. The van der Waals surface area contributed by atoms with Crippen LogP contribution in [0.4, 0.5) is 4.79 Å². The van der Waals surface area contributed by atoms with Gasteiger partial charge >= 0.3 is 12.1 Å². The van der Waals surface area contributed by atoms with Crippen LogP contribution in [0.1, 0.15) is 46.0 Å². The van der Waals surface area contributed by atoms with Gasteiger partial charge < -0.3 is 14.7 Å². The predicted octanol–water partition coefficient (Wildman–Crippen LogP) is 2.50. The molecule has 5 nitrogen and oxygen atoms in total. The Hall–Kier alpha value is -1.26. The molecular formula is C13H23NO4. The van der Waals surface area contributed by atoms with E-state index in [9.17, 15) is 9.59 Å². The Bertz CT molecular complexity index is 283. The number of carboxylic acids is 1. The molecule has 1 rings (SSSR count). The Morgan fingerprint density at radius 3 is 2.44 bits per heavy atom. The van der Waals surface area contributed by atoms with Gasteiger partial charge in [-0.25, -0.2) is 4.79 Å². The fraction of sp³-hybridized carbons (Fsp3) is 0.846. The van der Waals surface area contributed by atoms with Crippen LogP contribution >= 0.6 is 0 Å². The lowest BCUT2D eigenvalue weighted by Crippen LogP contribution is -2.39. The average Bonchev–Trinajstić information content (AvgIpc) is 2.28. The van der Waals surface area contributed by atoms with E-state index < -0.39 is 5.97 Å². The van der Waals surface area contributed by atoms with Crippen molar-refractivity contribution < 1.29 is 19.4 Å². The molecule has 0 aromatic carbocycles. The minimum Gasteiger partial charge on any atom is -0.481 e. The van der Waals surface area contributed by atoms with E-state index >= 15 is 0 Å². The second-order valence-corrected chi connectivity index (χ2v) is 5.15. The summed E-state index contributed by atoms with van der Waals surface area (Å²) >= 11 is 0. The molecule has 0 radical (unpaired) electrons. The molecule has 18 heavy (non-hydrogen) atoms. The molecule has 104 valence electrons. The van der Waals surface area contributed by atoms with Gasteiger partial charge in [-0.15, -0.1) is 0 Å². The first-order chi connectivity index (χ1) is 8.49. The van der Waals surface area contributed by atoms with Crippen LogP contribution in [0.15, 0.2) is 0 Å². The summed E-state index contributed by atoms with van der Waals surface area (Å²) in [5.74, 6) is -0.180. The number of amides is 1. The number of carbonyl (C=O) groups is 2. The molecule has 0 unspecified atom stereocenters. The number of hydrogen-bond donors (Lipinski definition) is 1. The number of hydrogen-bond acceptors (Lipinski definition) is 3. The quantitative estimate of drug-likeness (QED) is 0.821. The van der Waals surface area contributed by atoms with E-state index in [1.54, 1.807) is 4.90 Å². The van der Waals surface area contributed by atoms with E-state index in [1.165, 1.54) is 0 Å². The van der Waals surface area contributed by atoms with Crippen LogP contribution in [0.2, 0.25) is 0 Å². The second kappa shape index (κ2) is 7.24. The summed E-state index contributed by atoms with van der Waals surface area (Å²) in [4.78, 5) is 23.8. The molecule has 1 fully saturated rings. The predicted molar refractivity (Wildman–Crippen MR) is 67.4 cm³/mol. The summed E-state index contributed by atoms with van der Waals surface area (Å²) in [6.45, 7) is 5.14. The van der Waals surface area contributed by atoms with Gasteiger partial charge in [-0.3, -0.25) is 4.79 Å². The number of likely N-dealkylation sites (tertiary alicyclic amines) is 1. The maximum absolute atomic E-state index is 11.6. The van der Waals surface area contributed by atoms with Gasteiger partial charge in [0.15, 0.2) is 0 Å². The Labute approximate surface area is 108 Å². The molecule has 0 aliphatic carbocycles. The molecular weight excluding hydrogens is 234 g/mol. The van der Waals surface area contributed by atoms with Gasteiger partial charge in [-0.1, -0.05) is 0 Å². The number of carboxylic acid groups (broad SMARTS) is 1. The lowest BCUT2D eigenvalue weighted by molar-refractivity contribution is -0.137. The molecule has 1 heterocycles. The summed E-state index contributed by atoms with van der Waals surface area (Å²) in [5, 5.41) is 8.57. The minimum atomic E-state index is -0.729. The van der Waals surface area contributed by atoms with Crippen molar-refractivity contribution in [3.05, 3.63) is 0 Å². The highest BCUT2D eigenvalue weighted by Gasteiger charge is 2.24. The topological polar surface area (TPSA) is 66.8 Å². The molecule has 0 aromatic rings. The van der Waals surface area contributed by atoms with Crippen molar-refractivity contribution in [1.82, 2.24) is 4.90 Å². The summed E-state index contributed by atoms with van der Waals surface area (Å²) in [5.41, 5.74) is 0. The molecule has 0 bridgehead atoms. The number of aliphatic carboxylic acids is 1. The molecule has 1 saturated heterocycles. The summed E-state index contributed by atoms with van der Waals surface area (Å²) in [7, 11) is 0. The van der Waals surface area contributed by atoms with Crippen LogP contribution in [0, 0.1) is 5.92 Å². The third-order valence-corrected chi connectivity index (χ3v) is 3.21. The monoisotopic (exact) mass is 257 g/mol. The summed E-state index contributed by atoms with van der Waals surface area (Å²) in [6, 6.07) is 0. The molecule has 1 aliphatic heterocycles. The zero-order valence-corrected chi connectivity index (χ0v) is 11.2. The smallest absolute Gasteiger partial charge is 0.410 e. The molecule has 1 N–H and O–H groups in total. The molecule has 5 heteroatoms. The zero-order chi connectivity index (χ0) is 13.5. The first-order valence-corrected chi connectivity index (χ1v) is 6.66. The fourth-order valence-corrected chi connectivity index (χ4v) is 2.22. The number of rotatable bonds is 5. The average molecular weight is 257 g/mol. The van der Waals surface area contributed by atoms with Crippen LogP contribution in [0.3, 0.4) is 0 Å². The van der Waals surface area contributed by atoms with Gasteiger partial charge in [-0.05, 0) is 45.4 Å². The van der Waals surface area contributed by atoms with E-state index in [0.29, 0.717) is 5.92 Å². The Kier molecular flexibility index (Phi) is 5.95. The number of nitrogens with zero attached hydrogens (tertiary/aromatic N) is 1. The van der Waals surface area contributed by atoms with Gasteiger partial charge in [0.1, 0.15) is 0 Å². The van der Waals surface area contributed by atoms with Crippen molar-refractivity contribution in [3.63, 3.8) is 0 Å². The molecule has 0 spiro atoms. The number of carbonyl (C=O) groups excluding carboxylic acids is 1. The Morgan fingerprint density at radius 2 is 1.94 bits per heavy atom. The van der Waals surface area contributed by atoms with E-state index in [-0.39, 0.29) is 18.6 Å². The summed E-state index contributed by atoms with van der Waals surface area (Å²) < 4.78 is 5.15. The van der Waals surface area contributed by atoms with Gasteiger partial charge in [-0.2, -0.15) is 0 Å². The van der Waals surface area contributed by atoms with Crippen molar-refractivity contribution in [2.24, 2.45) is 5.92 Å². The number of piperidine rings is 1. The Balaban J connectivity index is 2.20. The van der Waals surface area contributed by atoms with Gasteiger partial charge in [0, 0.05) is 19.5 Å². The van der Waals surface area contributed by atoms with E-state index in [4.69, 9.17) is 9.84 Å². The standard InChI is InChI=1S/C13H23NO4/c1-10(2)18-13(17)14-8-6-11(7-9-14)4-3-5-12(15)16/h10-11H,3-9H2,1-2H3,(H,15,16). The van der Waals surface area contributed by atoms with Gasteiger partial charge in [0.05, 0.1) is 6.10 Å². The normalized spacial score (nSPS) is 16.9. The first kappa shape index (κ1) is 14.8. The van der Waals surface area contributed by atoms with E-state index in [1.807, 2.05) is 13.8 Å². The van der Waals surface area contributed by atoms with Crippen molar-refractivity contribution in [2.75, 3.05) is 13.1 Å². The van der Waals surface area contributed by atoms with Crippen LogP contribution < -0.4 is 0 Å². The van der Waals surface area contributed by atoms with Gasteiger partial charge in [0.2, 0.25) is 0 Å². The second-order valence-electron chi connectivity index (χ2n) is 5.15. The van der Waals surface area contributed by atoms with Crippen molar-refractivity contribution in [2.45, 2.75) is 52.1 Å². The van der Waals surface area contributed by atoms with Crippen LogP contribution in [-0.4, -0.2) is 41.3 Å². The van der Waals surface area contributed by atoms with Crippen molar-refractivity contribution >= 4 is 12.1 Å². The molecule has 1 aliphatic rings. The highest BCUT2D eigenvalue weighted by molar-refractivity contribution is 5.68. The Morgan fingerprint density at radius 1 is 1.33 bits per heavy atom. The van der Waals surface area contributed by atoms with Crippen LogP contribution in [0.5, 0.6) is 0 Å². The molecule has 0 atom stereocenters. The van der Waals surface area contributed by atoms with Crippen molar-refractivity contribution in [3.8, 4) is 0 Å². The van der Waals surface area contributed by atoms with Crippen LogP contribution in [-0.2, 0) is 9.53 Å². The fourth-order valence-electron chi connectivity index (χ4n) is 2.22. The maximum atomic E-state index is 11.6. The largest absolute Gasteiger partial charge is 0.481 e. The maximum Gasteiger partial charge on any atom is 0.410 e. The zero-order valence-electron chi connectivity index (χ0n) is 11.2. The molecule has 1 amide bonds.